The number of hydrogen-bond donors (Lipinski definition) is 4. The van der Waals surface area contributed by atoms with Crippen LogP contribution in [0.3, 0.4) is 0 Å². The van der Waals surface area contributed by atoms with Crippen molar-refractivity contribution in [1.82, 2.24) is 20.9 Å². The van der Waals surface area contributed by atoms with Crippen LogP contribution in [0.15, 0.2) is 24.3 Å². The maximum atomic E-state index is 12.9. The monoisotopic (exact) mass is 470 g/mol. The van der Waals surface area contributed by atoms with E-state index >= 15 is 0 Å². The van der Waals surface area contributed by atoms with Gasteiger partial charge in [-0.3, -0.25) is 14.6 Å². The van der Waals surface area contributed by atoms with Gasteiger partial charge in [-0.2, -0.15) is 0 Å². The molecule has 1 aliphatic heterocycles. The van der Waals surface area contributed by atoms with Crippen molar-refractivity contribution in [2.24, 2.45) is 0 Å². The van der Waals surface area contributed by atoms with Crippen LogP contribution in [0.25, 0.3) is 10.9 Å². The van der Waals surface area contributed by atoms with E-state index in [1.165, 1.54) is 0 Å². The van der Waals surface area contributed by atoms with Gasteiger partial charge in [-0.1, -0.05) is 13.3 Å². The van der Waals surface area contributed by atoms with Gasteiger partial charge >= 0.3 is 0 Å². The normalized spacial score (nSPS) is 21.6. The smallest absolute Gasteiger partial charge is 0.251 e. The average Bonchev–Trinajstić information content (AvgIpc) is 3.51. The maximum absolute atomic E-state index is 12.9. The molecule has 2 aliphatic rings. The number of rotatable bonds is 10. The van der Waals surface area contributed by atoms with Crippen molar-refractivity contribution in [1.29, 1.82) is 0 Å². The number of hydrogen-bond acceptors (Lipinski definition) is 7. The van der Waals surface area contributed by atoms with E-state index in [-0.39, 0.29) is 18.1 Å². The number of fused-ring (bicyclic) bond motifs is 1. The molecule has 1 aromatic heterocycles. The molecule has 2 amide bonds. The molecule has 9 nitrogen and oxygen atoms in total. The van der Waals surface area contributed by atoms with Crippen molar-refractivity contribution >= 4 is 22.7 Å². The fourth-order valence-electron chi connectivity index (χ4n) is 4.30. The molecule has 2 aromatic rings. The lowest BCUT2D eigenvalue weighted by Gasteiger charge is -2.24. The highest BCUT2D eigenvalue weighted by Crippen LogP contribution is 2.30. The molecule has 0 spiro atoms. The number of aromatic nitrogens is 1. The van der Waals surface area contributed by atoms with Gasteiger partial charge in [-0.05, 0) is 38.3 Å². The van der Waals surface area contributed by atoms with Crippen LogP contribution in [0.5, 0.6) is 11.5 Å². The van der Waals surface area contributed by atoms with Crippen molar-refractivity contribution in [2.45, 2.75) is 76.3 Å². The summed E-state index contributed by atoms with van der Waals surface area (Å²) in [6.07, 6.45) is 2.16. The van der Waals surface area contributed by atoms with Gasteiger partial charge in [0.15, 0.2) is 6.10 Å². The van der Waals surface area contributed by atoms with Gasteiger partial charge in [0.25, 0.3) is 5.91 Å². The fourth-order valence-corrected chi connectivity index (χ4v) is 4.30. The molecular formula is C25H34N4O5. The van der Waals surface area contributed by atoms with Crippen molar-refractivity contribution in [3.8, 4) is 11.5 Å². The number of amides is 2. The summed E-state index contributed by atoms with van der Waals surface area (Å²) in [6, 6.07) is 6.63. The molecule has 0 radical (unpaired) electrons. The SMILES string of the molecule is CCC[C@H](NC(=O)[C@@H]1C[C@@H](Oc2cc(C)nc3cc(OC)ccc23)CN1)C(O)C(=O)NC1CC1. The van der Waals surface area contributed by atoms with E-state index < -0.39 is 24.1 Å². The molecule has 1 aliphatic carbocycles. The number of ether oxygens (including phenoxy) is 2. The zero-order valence-corrected chi connectivity index (χ0v) is 20.0. The van der Waals surface area contributed by atoms with Gasteiger partial charge in [-0.15, -0.1) is 0 Å². The van der Waals surface area contributed by atoms with Crippen molar-refractivity contribution < 1.29 is 24.2 Å². The lowest BCUT2D eigenvalue weighted by molar-refractivity contribution is -0.132. The van der Waals surface area contributed by atoms with Gasteiger partial charge in [0.2, 0.25) is 5.91 Å². The van der Waals surface area contributed by atoms with Crippen LogP contribution in [0, 0.1) is 6.92 Å². The number of carbonyl (C=O) groups is 2. The number of nitrogens with zero attached hydrogens (tertiary/aromatic N) is 1. The molecule has 34 heavy (non-hydrogen) atoms. The second-order valence-electron chi connectivity index (χ2n) is 9.21. The quantitative estimate of drug-likeness (QED) is 0.416. The van der Waals surface area contributed by atoms with Gasteiger partial charge in [0.05, 0.1) is 24.7 Å². The Morgan fingerprint density at radius 1 is 1.29 bits per heavy atom. The van der Waals surface area contributed by atoms with E-state index in [4.69, 9.17) is 9.47 Å². The first-order valence-electron chi connectivity index (χ1n) is 12.0. The third-order valence-electron chi connectivity index (χ3n) is 6.31. The topological polar surface area (TPSA) is 122 Å². The average molecular weight is 471 g/mol. The largest absolute Gasteiger partial charge is 0.497 e. The molecule has 2 fully saturated rings. The predicted octanol–water partition coefficient (Wildman–Crippen LogP) is 1.59. The second kappa shape index (κ2) is 10.6. The number of methoxy groups -OCH3 is 1. The van der Waals surface area contributed by atoms with Crippen LogP contribution >= 0.6 is 0 Å². The summed E-state index contributed by atoms with van der Waals surface area (Å²) < 4.78 is 11.6. The summed E-state index contributed by atoms with van der Waals surface area (Å²) in [6.45, 7) is 4.38. The van der Waals surface area contributed by atoms with Crippen molar-refractivity contribution in [3.63, 3.8) is 0 Å². The van der Waals surface area contributed by atoms with Crippen LogP contribution in [-0.2, 0) is 9.59 Å². The van der Waals surface area contributed by atoms with Crippen molar-refractivity contribution in [2.75, 3.05) is 13.7 Å². The number of aliphatic hydroxyl groups excluding tert-OH is 1. The van der Waals surface area contributed by atoms with Gasteiger partial charge in [-0.25, -0.2) is 0 Å². The van der Waals surface area contributed by atoms with Gasteiger partial charge < -0.3 is 30.5 Å². The molecular weight excluding hydrogens is 436 g/mol. The highest BCUT2D eigenvalue weighted by atomic mass is 16.5. The van der Waals surface area contributed by atoms with E-state index in [1.54, 1.807) is 7.11 Å². The molecule has 4 atom stereocenters. The summed E-state index contributed by atoms with van der Waals surface area (Å²) in [5.41, 5.74) is 1.62. The molecule has 9 heteroatoms. The number of pyridine rings is 1. The summed E-state index contributed by atoms with van der Waals surface area (Å²) in [5, 5.41) is 20.3. The third kappa shape index (κ3) is 5.77. The van der Waals surface area contributed by atoms with Gasteiger partial charge in [0.1, 0.15) is 17.6 Å². The fraction of sp³-hybridized carbons (Fsp3) is 0.560. The number of carbonyl (C=O) groups excluding carboxylic acids is 2. The predicted molar refractivity (Wildman–Crippen MR) is 128 cm³/mol. The van der Waals surface area contributed by atoms with Crippen molar-refractivity contribution in [3.05, 3.63) is 30.0 Å². The highest BCUT2D eigenvalue weighted by Gasteiger charge is 2.35. The van der Waals surface area contributed by atoms with Crippen LogP contribution < -0.4 is 25.4 Å². The number of aryl methyl sites for hydroxylation is 1. The Bertz CT molecular complexity index is 1040. The van der Waals surface area contributed by atoms with E-state index in [9.17, 15) is 14.7 Å². The van der Waals surface area contributed by atoms with Gasteiger partial charge in [0, 0.05) is 42.2 Å². The Morgan fingerprint density at radius 2 is 2.09 bits per heavy atom. The lowest BCUT2D eigenvalue weighted by atomic mass is 10.0. The zero-order valence-electron chi connectivity index (χ0n) is 20.0. The second-order valence-corrected chi connectivity index (χ2v) is 9.21. The van der Waals surface area contributed by atoms with E-state index in [0.717, 1.165) is 41.6 Å². The minimum Gasteiger partial charge on any atom is -0.497 e. The van der Waals surface area contributed by atoms with Crippen LogP contribution in [0.2, 0.25) is 0 Å². The molecule has 184 valence electrons. The number of nitrogens with one attached hydrogen (secondary N) is 3. The molecule has 1 aromatic carbocycles. The Morgan fingerprint density at radius 3 is 2.79 bits per heavy atom. The maximum Gasteiger partial charge on any atom is 0.251 e. The van der Waals surface area contributed by atoms with E-state index in [0.29, 0.717) is 25.1 Å². The minimum atomic E-state index is -1.26. The first-order valence-corrected chi connectivity index (χ1v) is 12.0. The molecule has 0 bridgehead atoms. The standard InChI is InChI=1S/C25H34N4O5/c1-4-5-19(23(30)25(32)28-15-6-7-15)29-24(31)21-12-17(13-26-21)34-22-10-14(2)27-20-11-16(33-3)8-9-18(20)22/h8-11,15,17,19,21,23,26,30H,4-7,12-13H2,1-3H3,(H,28,32)(H,29,31)/t17-,19+,21+,23?/m1/s1. The van der Waals surface area contributed by atoms with E-state index in [2.05, 4.69) is 20.9 Å². The van der Waals surface area contributed by atoms with Crippen LogP contribution in [-0.4, -0.2) is 65.9 Å². The molecule has 4 N–H and O–H groups in total. The number of benzene rings is 1. The van der Waals surface area contributed by atoms with Crippen LogP contribution in [0.1, 0.15) is 44.7 Å². The van der Waals surface area contributed by atoms with E-state index in [1.807, 2.05) is 38.1 Å². The lowest BCUT2D eigenvalue weighted by Crippen LogP contribution is -2.54. The van der Waals surface area contributed by atoms with Crippen LogP contribution in [0.4, 0.5) is 0 Å². The Kier molecular flexibility index (Phi) is 7.53. The first-order chi connectivity index (χ1) is 16.4. The molecule has 1 saturated heterocycles. The Labute approximate surface area is 199 Å². The summed E-state index contributed by atoms with van der Waals surface area (Å²) in [7, 11) is 1.62. The Hall–Kier alpha value is -2.91. The zero-order chi connectivity index (χ0) is 24.2. The summed E-state index contributed by atoms with van der Waals surface area (Å²) >= 11 is 0. The molecule has 1 saturated carbocycles. The summed E-state index contributed by atoms with van der Waals surface area (Å²) in [5.74, 6) is 0.793. The molecule has 1 unspecified atom stereocenters. The third-order valence-corrected chi connectivity index (χ3v) is 6.31. The first kappa shape index (κ1) is 24.2. The summed E-state index contributed by atoms with van der Waals surface area (Å²) in [4.78, 5) is 29.8. The highest BCUT2D eigenvalue weighted by molar-refractivity contribution is 5.87. The number of aliphatic hydroxyl groups is 1. The Balaban J connectivity index is 1.38. The molecule has 4 rings (SSSR count). The molecule has 2 heterocycles. The minimum absolute atomic E-state index is 0.156.